The van der Waals surface area contributed by atoms with Gasteiger partial charge >= 0.3 is 0 Å². The summed E-state index contributed by atoms with van der Waals surface area (Å²) in [5, 5.41) is 12.7. The fourth-order valence-corrected chi connectivity index (χ4v) is 3.87. The first kappa shape index (κ1) is 20.6. The molecular weight excluding hydrogens is 410 g/mol. The average Bonchev–Trinajstić information content (AvgIpc) is 3.12. The number of hydrogen-bond donors (Lipinski definition) is 2. The van der Waals surface area contributed by atoms with Gasteiger partial charge in [-0.1, -0.05) is 35.2 Å². The minimum atomic E-state index is -0.885. The van der Waals surface area contributed by atoms with E-state index in [2.05, 4.69) is 20.3 Å². The lowest BCUT2D eigenvalue weighted by atomic mass is 10.2. The van der Waals surface area contributed by atoms with Crippen LogP contribution in [-0.2, 0) is 10.5 Å². The van der Waals surface area contributed by atoms with E-state index in [0.29, 0.717) is 35.0 Å². The number of rotatable bonds is 10. The molecule has 11 heteroatoms. The quantitative estimate of drug-likeness (QED) is 0.289. The van der Waals surface area contributed by atoms with Crippen molar-refractivity contribution in [3.05, 3.63) is 35.4 Å². The lowest BCUT2D eigenvalue weighted by molar-refractivity contribution is 0.0992. The monoisotopic (exact) mass is 428 g/mol. The summed E-state index contributed by atoms with van der Waals surface area (Å²) in [5.41, 5.74) is 0.689. The zero-order chi connectivity index (χ0) is 19.9. The highest BCUT2D eigenvalue weighted by molar-refractivity contribution is 7.98. The van der Waals surface area contributed by atoms with Crippen molar-refractivity contribution in [1.29, 1.82) is 0 Å². The van der Waals surface area contributed by atoms with Crippen molar-refractivity contribution in [2.24, 2.45) is 0 Å². The number of thiazole rings is 1. The zero-order valence-electron chi connectivity index (χ0n) is 14.9. The smallest absolute Gasteiger partial charge is 0.275 e. The Kier molecular flexibility index (Phi) is 7.31. The van der Waals surface area contributed by atoms with Gasteiger partial charge in [0.1, 0.15) is 4.70 Å². The van der Waals surface area contributed by atoms with E-state index >= 15 is 0 Å². The number of hydrogen-bond acceptors (Lipinski definition) is 9. The second-order valence-corrected chi connectivity index (χ2v) is 7.36. The average molecular weight is 428 g/mol. The lowest BCUT2D eigenvalue weighted by Gasteiger charge is -2.08. The second-order valence-electron chi connectivity index (χ2n) is 5.46. The van der Waals surface area contributed by atoms with E-state index < -0.39 is 11.6 Å². The van der Waals surface area contributed by atoms with E-state index in [9.17, 15) is 8.78 Å². The van der Waals surface area contributed by atoms with E-state index in [4.69, 9.17) is 14.6 Å². The molecule has 28 heavy (non-hydrogen) atoms. The lowest BCUT2D eigenvalue weighted by Crippen LogP contribution is -2.12. The van der Waals surface area contributed by atoms with Crippen LogP contribution in [0.2, 0.25) is 0 Å². The van der Waals surface area contributed by atoms with Gasteiger partial charge in [0.2, 0.25) is 0 Å². The molecular formula is C17H18F2N4O3S2. The van der Waals surface area contributed by atoms with Gasteiger partial charge < -0.3 is 19.9 Å². The number of ether oxygens (including phenoxy) is 2. The van der Waals surface area contributed by atoms with Crippen LogP contribution in [0.3, 0.4) is 0 Å². The largest absolute Gasteiger partial charge is 0.473 e. The van der Waals surface area contributed by atoms with Crippen LogP contribution < -0.4 is 10.1 Å². The molecule has 0 spiro atoms. The molecule has 0 saturated carbocycles. The highest BCUT2D eigenvalue weighted by Crippen LogP contribution is 2.33. The van der Waals surface area contributed by atoms with Gasteiger partial charge in [-0.15, -0.1) is 0 Å². The summed E-state index contributed by atoms with van der Waals surface area (Å²) >= 11 is 2.48. The van der Waals surface area contributed by atoms with Crippen molar-refractivity contribution < 1.29 is 23.4 Å². The van der Waals surface area contributed by atoms with Crippen molar-refractivity contribution >= 4 is 39.3 Å². The predicted octanol–water partition coefficient (Wildman–Crippen LogP) is 3.09. The molecule has 7 nitrogen and oxygen atoms in total. The summed E-state index contributed by atoms with van der Waals surface area (Å²) in [5.74, 6) is -1.02. The number of thioether (sulfide) groups is 1. The SMILES string of the molecule is COc1nc2nc(SCc3cccc(F)c3F)nc(NCCOCCO)c2s1. The van der Waals surface area contributed by atoms with Crippen LogP contribution in [0.15, 0.2) is 23.4 Å². The van der Waals surface area contributed by atoms with Gasteiger partial charge in [0, 0.05) is 17.9 Å². The van der Waals surface area contributed by atoms with Crippen molar-refractivity contribution in [3.63, 3.8) is 0 Å². The molecule has 0 saturated heterocycles. The molecule has 2 aromatic heterocycles. The van der Waals surface area contributed by atoms with Gasteiger partial charge in [0.25, 0.3) is 5.19 Å². The normalized spacial score (nSPS) is 11.1. The molecule has 0 aliphatic heterocycles. The number of fused-ring (bicyclic) bond motifs is 1. The number of nitrogens with zero attached hydrogens (tertiary/aromatic N) is 3. The molecule has 0 unspecified atom stereocenters. The Morgan fingerprint density at radius 3 is 2.86 bits per heavy atom. The molecule has 3 rings (SSSR count). The van der Waals surface area contributed by atoms with Gasteiger partial charge in [0.05, 0.1) is 26.9 Å². The Hall–Kier alpha value is -2.08. The van der Waals surface area contributed by atoms with E-state index in [1.165, 1.54) is 42.3 Å². The molecule has 0 aliphatic rings. The highest BCUT2D eigenvalue weighted by Gasteiger charge is 2.15. The topological polar surface area (TPSA) is 89.4 Å². The Morgan fingerprint density at radius 1 is 1.21 bits per heavy atom. The standard InChI is InChI=1S/C17H18F2N4O3S2/c1-25-17-23-15-13(28-17)14(20-5-7-26-8-6-24)21-16(22-15)27-9-10-3-2-4-11(18)12(10)19/h2-4,24H,5-9H2,1H3,(H,20,21,22). The zero-order valence-corrected chi connectivity index (χ0v) is 16.6. The summed E-state index contributed by atoms with van der Waals surface area (Å²) in [6.45, 7) is 1.07. The first-order valence-corrected chi connectivity index (χ1v) is 10.1. The van der Waals surface area contributed by atoms with Crippen molar-refractivity contribution in [1.82, 2.24) is 15.0 Å². The summed E-state index contributed by atoms with van der Waals surface area (Å²) in [6, 6.07) is 4.06. The Morgan fingerprint density at radius 2 is 2.07 bits per heavy atom. The van der Waals surface area contributed by atoms with Gasteiger partial charge in [-0.2, -0.15) is 4.98 Å². The summed E-state index contributed by atoms with van der Waals surface area (Å²) in [7, 11) is 1.52. The molecule has 0 atom stereocenters. The molecule has 2 heterocycles. The highest BCUT2D eigenvalue weighted by atomic mass is 32.2. The molecule has 0 amide bonds. The maximum absolute atomic E-state index is 13.9. The third-order valence-corrected chi connectivity index (χ3v) is 5.46. The Bertz CT molecular complexity index is 942. The molecule has 150 valence electrons. The summed E-state index contributed by atoms with van der Waals surface area (Å²) in [4.78, 5) is 13.1. The first-order chi connectivity index (χ1) is 13.6. The number of aliphatic hydroxyl groups excluding tert-OH is 1. The number of halogens is 2. The molecule has 0 aliphatic carbocycles. The van der Waals surface area contributed by atoms with Crippen molar-refractivity contribution in [2.45, 2.75) is 10.9 Å². The van der Waals surface area contributed by atoms with Gasteiger partial charge in [-0.25, -0.2) is 18.7 Å². The van der Waals surface area contributed by atoms with E-state index in [1.54, 1.807) is 0 Å². The van der Waals surface area contributed by atoms with Crippen LogP contribution in [0.4, 0.5) is 14.6 Å². The number of aromatic nitrogens is 3. The molecule has 0 bridgehead atoms. The van der Waals surface area contributed by atoms with Gasteiger partial charge in [-0.3, -0.25) is 0 Å². The van der Waals surface area contributed by atoms with Crippen LogP contribution >= 0.6 is 23.1 Å². The summed E-state index contributed by atoms with van der Waals surface area (Å²) < 4.78 is 38.3. The van der Waals surface area contributed by atoms with Crippen molar-refractivity contribution in [2.75, 3.05) is 38.8 Å². The number of nitrogens with one attached hydrogen (secondary N) is 1. The summed E-state index contributed by atoms with van der Waals surface area (Å²) in [6.07, 6.45) is 0. The third-order valence-electron chi connectivity index (χ3n) is 3.55. The molecule has 0 radical (unpaired) electrons. The Labute approximate surface area is 168 Å². The first-order valence-electron chi connectivity index (χ1n) is 8.33. The van der Waals surface area contributed by atoms with Crippen LogP contribution in [-0.4, -0.2) is 53.5 Å². The maximum Gasteiger partial charge on any atom is 0.275 e. The molecule has 3 aromatic rings. The number of aliphatic hydroxyl groups is 1. The van der Waals surface area contributed by atoms with Gasteiger partial charge in [0.15, 0.2) is 28.3 Å². The second kappa shape index (κ2) is 9.92. The van der Waals surface area contributed by atoms with Gasteiger partial charge in [-0.05, 0) is 6.07 Å². The van der Waals surface area contributed by atoms with Crippen LogP contribution in [0.25, 0.3) is 10.3 Å². The van der Waals surface area contributed by atoms with E-state index in [0.717, 1.165) is 10.8 Å². The minimum absolute atomic E-state index is 0.0405. The number of benzene rings is 1. The minimum Gasteiger partial charge on any atom is -0.473 e. The number of anilines is 1. The van der Waals surface area contributed by atoms with Crippen LogP contribution in [0.5, 0.6) is 5.19 Å². The van der Waals surface area contributed by atoms with E-state index in [1.807, 2.05) is 0 Å². The maximum atomic E-state index is 13.9. The molecule has 0 fully saturated rings. The fraction of sp³-hybridized carbons (Fsp3) is 0.353. The molecule has 1 aromatic carbocycles. The number of methoxy groups -OCH3 is 1. The van der Waals surface area contributed by atoms with Crippen LogP contribution in [0, 0.1) is 11.6 Å². The fourth-order valence-electron chi connectivity index (χ4n) is 2.27. The Balaban J connectivity index is 1.78. The van der Waals surface area contributed by atoms with Crippen molar-refractivity contribution in [3.8, 4) is 5.19 Å². The van der Waals surface area contributed by atoms with Crippen LogP contribution in [0.1, 0.15) is 5.56 Å². The molecule has 2 N–H and O–H groups in total. The predicted molar refractivity (Wildman–Crippen MR) is 104 cm³/mol. The third kappa shape index (κ3) is 5.04. The van der Waals surface area contributed by atoms with E-state index in [-0.39, 0.29) is 24.5 Å².